The Morgan fingerprint density at radius 2 is 2.14 bits per heavy atom. The van der Waals surface area contributed by atoms with Gasteiger partial charge < -0.3 is 15.3 Å². The first kappa shape index (κ1) is 16.6. The lowest BCUT2D eigenvalue weighted by Gasteiger charge is -2.40. The van der Waals surface area contributed by atoms with Crippen LogP contribution in [0.15, 0.2) is 18.2 Å². The van der Waals surface area contributed by atoms with E-state index in [4.69, 9.17) is 11.6 Å². The predicted molar refractivity (Wildman–Crippen MR) is 90.1 cm³/mol. The van der Waals surface area contributed by atoms with Gasteiger partial charge in [0.15, 0.2) is 0 Å². The summed E-state index contributed by atoms with van der Waals surface area (Å²) < 4.78 is 0. The van der Waals surface area contributed by atoms with E-state index in [2.05, 4.69) is 30.1 Å². The van der Waals surface area contributed by atoms with Crippen molar-refractivity contribution in [3.8, 4) is 0 Å². The van der Waals surface area contributed by atoms with E-state index in [0.717, 1.165) is 18.1 Å². The SMILES string of the molecule is CC(C)CNCc1cc(Cl)ccc1N(CCO)C1CCC1. The Labute approximate surface area is 133 Å². The summed E-state index contributed by atoms with van der Waals surface area (Å²) in [5, 5.41) is 13.6. The first-order chi connectivity index (χ1) is 10.1. The number of aliphatic hydroxyl groups excluding tert-OH is 1. The van der Waals surface area contributed by atoms with Crippen LogP contribution in [0.3, 0.4) is 0 Å². The third-order valence-electron chi connectivity index (χ3n) is 4.08. The molecule has 1 aromatic carbocycles. The van der Waals surface area contributed by atoms with E-state index >= 15 is 0 Å². The fourth-order valence-electron chi connectivity index (χ4n) is 2.78. The van der Waals surface area contributed by atoms with Crippen molar-refractivity contribution in [1.29, 1.82) is 0 Å². The number of nitrogens with one attached hydrogen (secondary N) is 1. The molecule has 0 atom stereocenters. The number of hydrogen-bond acceptors (Lipinski definition) is 3. The maximum Gasteiger partial charge on any atom is 0.0606 e. The molecule has 3 nitrogen and oxygen atoms in total. The minimum atomic E-state index is 0.192. The number of aliphatic hydroxyl groups is 1. The molecular weight excluding hydrogens is 284 g/mol. The lowest BCUT2D eigenvalue weighted by atomic mass is 9.90. The van der Waals surface area contributed by atoms with E-state index in [1.807, 2.05) is 12.1 Å². The molecule has 1 fully saturated rings. The molecule has 0 aromatic heterocycles. The van der Waals surface area contributed by atoms with Crippen molar-refractivity contribution < 1.29 is 5.11 Å². The molecule has 0 spiro atoms. The van der Waals surface area contributed by atoms with Crippen LogP contribution in [0.1, 0.15) is 38.7 Å². The van der Waals surface area contributed by atoms with Gasteiger partial charge in [-0.1, -0.05) is 25.4 Å². The highest BCUT2D eigenvalue weighted by molar-refractivity contribution is 6.30. The molecule has 0 radical (unpaired) electrons. The summed E-state index contributed by atoms with van der Waals surface area (Å²) in [7, 11) is 0. The second-order valence-electron chi connectivity index (χ2n) is 6.30. The van der Waals surface area contributed by atoms with Crippen LogP contribution in [0.2, 0.25) is 5.02 Å². The molecule has 0 bridgehead atoms. The van der Waals surface area contributed by atoms with Crippen LogP contribution < -0.4 is 10.2 Å². The van der Waals surface area contributed by atoms with Gasteiger partial charge >= 0.3 is 0 Å². The number of nitrogens with zero attached hydrogens (tertiary/aromatic N) is 1. The van der Waals surface area contributed by atoms with E-state index in [-0.39, 0.29) is 6.61 Å². The van der Waals surface area contributed by atoms with E-state index in [0.29, 0.717) is 18.5 Å². The molecule has 0 unspecified atom stereocenters. The molecule has 4 heteroatoms. The van der Waals surface area contributed by atoms with Gasteiger partial charge in [-0.2, -0.15) is 0 Å². The summed E-state index contributed by atoms with van der Waals surface area (Å²) in [4.78, 5) is 2.35. The molecule has 21 heavy (non-hydrogen) atoms. The van der Waals surface area contributed by atoms with Crippen LogP contribution in [-0.4, -0.2) is 30.8 Å². The highest BCUT2D eigenvalue weighted by Crippen LogP contribution is 2.32. The summed E-state index contributed by atoms with van der Waals surface area (Å²) in [6, 6.07) is 6.67. The molecular formula is C17H27ClN2O. The first-order valence-electron chi connectivity index (χ1n) is 7.98. The minimum absolute atomic E-state index is 0.192. The lowest BCUT2D eigenvalue weighted by Crippen LogP contribution is -2.42. The van der Waals surface area contributed by atoms with Crippen molar-refractivity contribution >= 4 is 17.3 Å². The quantitative estimate of drug-likeness (QED) is 0.772. The van der Waals surface area contributed by atoms with E-state index in [9.17, 15) is 5.11 Å². The maximum absolute atomic E-state index is 9.38. The Morgan fingerprint density at radius 3 is 2.71 bits per heavy atom. The van der Waals surface area contributed by atoms with Gasteiger partial charge in [0.1, 0.15) is 0 Å². The Morgan fingerprint density at radius 1 is 1.38 bits per heavy atom. The molecule has 0 saturated heterocycles. The third-order valence-corrected chi connectivity index (χ3v) is 4.31. The van der Waals surface area contributed by atoms with E-state index in [1.54, 1.807) is 0 Å². The van der Waals surface area contributed by atoms with Crippen LogP contribution in [0.5, 0.6) is 0 Å². The zero-order chi connectivity index (χ0) is 15.2. The fraction of sp³-hybridized carbons (Fsp3) is 0.647. The van der Waals surface area contributed by atoms with Crippen molar-refractivity contribution in [1.82, 2.24) is 5.32 Å². The Kier molecular flexibility index (Phi) is 6.34. The molecule has 0 amide bonds. The molecule has 0 aliphatic heterocycles. The molecule has 1 aromatic rings. The van der Waals surface area contributed by atoms with Gasteiger partial charge in [0.25, 0.3) is 0 Å². The molecule has 1 aliphatic carbocycles. The first-order valence-corrected chi connectivity index (χ1v) is 8.36. The van der Waals surface area contributed by atoms with Crippen LogP contribution in [0, 0.1) is 5.92 Å². The Balaban J connectivity index is 2.15. The smallest absolute Gasteiger partial charge is 0.0606 e. The standard InChI is InChI=1S/C17H27ClN2O/c1-13(2)11-19-12-14-10-15(18)6-7-17(14)20(8-9-21)16-4-3-5-16/h6-7,10,13,16,19,21H,3-5,8-9,11-12H2,1-2H3. The monoisotopic (exact) mass is 310 g/mol. The summed E-state index contributed by atoms with van der Waals surface area (Å²) >= 11 is 6.17. The van der Waals surface area contributed by atoms with Crippen molar-refractivity contribution in [3.05, 3.63) is 28.8 Å². The second kappa shape index (κ2) is 8.02. The van der Waals surface area contributed by atoms with Crippen molar-refractivity contribution in [2.24, 2.45) is 5.92 Å². The third kappa shape index (κ3) is 4.60. The van der Waals surface area contributed by atoms with Crippen molar-refractivity contribution in [2.45, 2.75) is 45.7 Å². The molecule has 2 rings (SSSR count). The topological polar surface area (TPSA) is 35.5 Å². The maximum atomic E-state index is 9.38. The Bertz CT molecular complexity index is 446. The predicted octanol–water partition coefficient (Wildman–Crippen LogP) is 3.44. The average Bonchev–Trinajstić information content (AvgIpc) is 2.36. The Hall–Kier alpha value is -0.770. The van der Waals surface area contributed by atoms with Crippen LogP contribution in [0.25, 0.3) is 0 Å². The van der Waals surface area contributed by atoms with Gasteiger partial charge in [-0.3, -0.25) is 0 Å². The molecule has 1 saturated carbocycles. The summed E-state index contributed by atoms with van der Waals surface area (Å²) in [5.41, 5.74) is 2.44. The summed E-state index contributed by atoms with van der Waals surface area (Å²) in [6.07, 6.45) is 3.74. The number of benzene rings is 1. The van der Waals surface area contributed by atoms with Gasteiger partial charge in [0.05, 0.1) is 6.61 Å². The number of halogens is 1. The minimum Gasteiger partial charge on any atom is -0.395 e. The van der Waals surface area contributed by atoms with Gasteiger partial charge in [0, 0.05) is 29.8 Å². The largest absolute Gasteiger partial charge is 0.395 e. The number of rotatable bonds is 8. The summed E-state index contributed by atoms with van der Waals surface area (Å²) in [5.74, 6) is 0.632. The van der Waals surface area contributed by atoms with Gasteiger partial charge in [-0.15, -0.1) is 0 Å². The summed E-state index contributed by atoms with van der Waals surface area (Å²) in [6.45, 7) is 7.12. The molecule has 0 heterocycles. The lowest BCUT2D eigenvalue weighted by molar-refractivity contribution is 0.283. The molecule has 118 valence electrons. The fourth-order valence-corrected chi connectivity index (χ4v) is 2.97. The highest BCUT2D eigenvalue weighted by atomic mass is 35.5. The number of anilines is 1. The van der Waals surface area contributed by atoms with Crippen LogP contribution >= 0.6 is 11.6 Å². The van der Waals surface area contributed by atoms with Crippen LogP contribution in [-0.2, 0) is 6.54 Å². The second-order valence-corrected chi connectivity index (χ2v) is 6.74. The van der Waals surface area contributed by atoms with E-state index in [1.165, 1.54) is 30.5 Å². The molecule has 1 aliphatic rings. The number of hydrogen-bond donors (Lipinski definition) is 2. The van der Waals surface area contributed by atoms with E-state index < -0.39 is 0 Å². The highest BCUT2D eigenvalue weighted by Gasteiger charge is 2.26. The zero-order valence-corrected chi connectivity index (χ0v) is 13.9. The van der Waals surface area contributed by atoms with Gasteiger partial charge in [-0.25, -0.2) is 0 Å². The van der Waals surface area contributed by atoms with Gasteiger partial charge in [0.2, 0.25) is 0 Å². The normalized spacial score (nSPS) is 15.3. The average molecular weight is 311 g/mol. The van der Waals surface area contributed by atoms with Crippen molar-refractivity contribution in [2.75, 3.05) is 24.6 Å². The molecule has 2 N–H and O–H groups in total. The van der Waals surface area contributed by atoms with Crippen molar-refractivity contribution in [3.63, 3.8) is 0 Å². The van der Waals surface area contributed by atoms with Gasteiger partial charge in [-0.05, 0) is 55.5 Å². The zero-order valence-electron chi connectivity index (χ0n) is 13.1. The van der Waals surface area contributed by atoms with Crippen LogP contribution in [0.4, 0.5) is 5.69 Å².